The Morgan fingerprint density at radius 3 is 2.32 bits per heavy atom. The molecule has 0 saturated heterocycles. The van der Waals surface area contributed by atoms with E-state index in [9.17, 15) is 4.79 Å². The first-order chi connectivity index (χ1) is 8.87. The predicted octanol–water partition coefficient (Wildman–Crippen LogP) is 2.08. The van der Waals surface area contributed by atoms with E-state index < -0.39 is 5.54 Å². The zero-order valence-corrected chi connectivity index (χ0v) is 11.9. The second kappa shape index (κ2) is 5.61. The number of nitrogens with zero attached hydrogens (tertiary/aromatic N) is 2. The number of carbonyl (C=O) groups is 1. The Morgan fingerprint density at radius 2 is 1.84 bits per heavy atom. The van der Waals surface area contributed by atoms with Crippen LogP contribution in [0.25, 0.3) is 0 Å². The summed E-state index contributed by atoms with van der Waals surface area (Å²) in [5.41, 5.74) is -0.423. The molecule has 0 aliphatic carbocycles. The number of hydrogen-bond acceptors (Lipinski definition) is 4. The van der Waals surface area contributed by atoms with Crippen molar-refractivity contribution in [2.45, 2.75) is 19.4 Å². The minimum Gasteiger partial charge on any atom is -0.493 e. The van der Waals surface area contributed by atoms with Crippen LogP contribution in [0.15, 0.2) is 18.2 Å². The summed E-state index contributed by atoms with van der Waals surface area (Å²) in [6, 6.07) is 7.01. The fourth-order valence-electron chi connectivity index (χ4n) is 1.49. The highest BCUT2D eigenvalue weighted by Gasteiger charge is 2.28. The monoisotopic (exact) mass is 262 g/mol. The van der Waals surface area contributed by atoms with Crippen LogP contribution in [0.4, 0.5) is 0 Å². The van der Waals surface area contributed by atoms with Crippen molar-refractivity contribution in [2.24, 2.45) is 0 Å². The average molecular weight is 262 g/mol. The molecule has 0 fully saturated rings. The third-order valence-corrected chi connectivity index (χ3v) is 3.05. The van der Waals surface area contributed by atoms with E-state index in [1.807, 2.05) is 0 Å². The quantitative estimate of drug-likeness (QED) is 0.833. The van der Waals surface area contributed by atoms with E-state index in [0.717, 1.165) is 0 Å². The van der Waals surface area contributed by atoms with Crippen LogP contribution in [-0.4, -0.2) is 37.6 Å². The number of hydrogen-bond donors (Lipinski definition) is 0. The maximum atomic E-state index is 12.3. The molecule has 5 nitrogen and oxygen atoms in total. The van der Waals surface area contributed by atoms with Gasteiger partial charge in [0, 0.05) is 12.6 Å². The molecule has 1 aromatic carbocycles. The number of ether oxygens (including phenoxy) is 2. The Morgan fingerprint density at radius 1 is 1.26 bits per heavy atom. The number of carbonyl (C=O) groups excluding carboxylic acids is 1. The molecule has 0 atom stereocenters. The molecule has 0 radical (unpaired) electrons. The van der Waals surface area contributed by atoms with Crippen molar-refractivity contribution in [3.05, 3.63) is 23.8 Å². The van der Waals surface area contributed by atoms with Crippen molar-refractivity contribution in [1.82, 2.24) is 4.90 Å². The first-order valence-electron chi connectivity index (χ1n) is 5.78. The molecule has 102 valence electrons. The molecule has 0 aliphatic rings. The first-order valence-corrected chi connectivity index (χ1v) is 5.78. The van der Waals surface area contributed by atoms with E-state index in [1.165, 1.54) is 19.1 Å². The number of benzene rings is 1. The van der Waals surface area contributed by atoms with Crippen molar-refractivity contribution in [2.75, 3.05) is 21.3 Å². The minimum absolute atomic E-state index is 0.243. The summed E-state index contributed by atoms with van der Waals surface area (Å²) < 4.78 is 10.3. The highest BCUT2D eigenvalue weighted by atomic mass is 16.5. The van der Waals surface area contributed by atoms with Gasteiger partial charge in [0.1, 0.15) is 5.54 Å². The minimum atomic E-state index is -0.871. The average Bonchev–Trinajstić information content (AvgIpc) is 2.44. The van der Waals surface area contributed by atoms with E-state index in [0.29, 0.717) is 17.1 Å². The lowest BCUT2D eigenvalue weighted by Crippen LogP contribution is -2.43. The van der Waals surface area contributed by atoms with Gasteiger partial charge in [-0.05, 0) is 32.0 Å². The zero-order valence-electron chi connectivity index (χ0n) is 11.9. The molecule has 1 amide bonds. The summed E-state index contributed by atoms with van der Waals surface area (Å²) in [5, 5.41) is 9.05. The van der Waals surface area contributed by atoms with Gasteiger partial charge >= 0.3 is 0 Å². The zero-order chi connectivity index (χ0) is 14.6. The number of methoxy groups -OCH3 is 2. The third kappa shape index (κ3) is 2.97. The molecule has 1 rings (SSSR count). The van der Waals surface area contributed by atoms with E-state index in [1.54, 1.807) is 39.1 Å². The van der Waals surface area contributed by atoms with Gasteiger partial charge in [-0.25, -0.2) is 0 Å². The van der Waals surface area contributed by atoms with Gasteiger partial charge in [0.25, 0.3) is 5.91 Å². The van der Waals surface area contributed by atoms with E-state index in [-0.39, 0.29) is 5.91 Å². The molecule has 0 heterocycles. The van der Waals surface area contributed by atoms with Crippen LogP contribution >= 0.6 is 0 Å². The molecule has 0 aromatic heterocycles. The number of amides is 1. The summed E-state index contributed by atoms with van der Waals surface area (Å²) >= 11 is 0. The molecule has 5 heteroatoms. The number of rotatable bonds is 4. The fraction of sp³-hybridized carbons (Fsp3) is 0.429. The second-order valence-electron chi connectivity index (χ2n) is 4.60. The van der Waals surface area contributed by atoms with Crippen molar-refractivity contribution in [1.29, 1.82) is 5.26 Å². The normalized spacial score (nSPS) is 10.5. The molecule has 0 saturated carbocycles. The molecular formula is C14H18N2O3. The standard InChI is InChI=1S/C14H18N2O3/c1-14(2,9-15)16(3)13(17)10-6-7-11(18-4)12(8-10)19-5/h6-8H,1-5H3. The molecule has 19 heavy (non-hydrogen) atoms. The van der Waals surface area contributed by atoms with Gasteiger partial charge in [-0.2, -0.15) is 5.26 Å². The molecule has 0 spiro atoms. The van der Waals surface area contributed by atoms with Crippen LogP contribution in [0.5, 0.6) is 11.5 Å². The highest BCUT2D eigenvalue weighted by Crippen LogP contribution is 2.28. The summed E-state index contributed by atoms with van der Waals surface area (Å²) in [7, 11) is 4.64. The van der Waals surface area contributed by atoms with Gasteiger partial charge in [-0.3, -0.25) is 4.79 Å². The molecule has 0 unspecified atom stereocenters. The molecule has 0 bridgehead atoms. The van der Waals surface area contributed by atoms with Crippen LogP contribution in [0.1, 0.15) is 24.2 Å². The SMILES string of the molecule is COc1ccc(C(=O)N(C)C(C)(C)C#N)cc1OC. The van der Waals surface area contributed by atoms with Crippen molar-refractivity contribution in [3.8, 4) is 17.6 Å². The van der Waals surface area contributed by atoms with Crippen LogP contribution < -0.4 is 9.47 Å². The largest absolute Gasteiger partial charge is 0.493 e. The van der Waals surface area contributed by atoms with Gasteiger partial charge < -0.3 is 14.4 Å². The van der Waals surface area contributed by atoms with Crippen LogP contribution in [0.2, 0.25) is 0 Å². The Bertz CT molecular complexity index is 518. The van der Waals surface area contributed by atoms with Gasteiger partial charge in [0.2, 0.25) is 0 Å². The third-order valence-electron chi connectivity index (χ3n) is 3.05. The Labute approximate surface area is 113 Å². The first kappa shape index (κ1) is 14.8. The van der Waals surface area contributed by atoms with Gasteiger partial charge in [-0.1, -0.05) is 0 Å². The van der Waals surface area contributed by atoms with Crippen LogP contribution in [0.3, 0.4) is 0 Å². The predicted molar refractivity (Wildman–Crippen MR) is 71.3 cm³/mol. The highest BCUT2D eigenvalue weighted by molar-refractivity contribution is 5.95. The lowest BCUT2D eigenvalue weighted by molar-refractivity contribution is 0.0698. The molecule has 0 N–H and O–H groups in total. The second-order valence-corrected chi connectivity index (χ2v) is 4.60. The summed E-state index contributed by atoms with van der Waals surface area (Å²) in [6.07, 6.45) is 0. The van der Waals surface area contributed by atoms with E-state index in [2.05, 4.69) is 6.07 Å². The van der Waals surface area contributed by atoms with Crippen molar-refractivity contribution < 1.29 is 14.3 Å². The molecular weight excluding hydrogens is 244 g/mol. The van der Waals surface area contributed by atoms with Gasteiger partial charge in [-0.15, -0.1) is 0 Å². The smallest absolute Gasteiger partial charge is 0.255 e. The van der Waals surface area contributed by atoms with Gasteiger partial charge in [0.15, 0.2) is 11.5 Å². The number of nitriles is 1. The van der Waals surface area contributed by atoms with E-state index in [4.69, 9.17) is 14.7 Å². The van der Waals surface area contributed by atoms with Crippen molar-refractivity contribution in [3.63, 3.8) is 0 Å². The maximum Gasteiger partial charge on any atom is 0.255 e. The van der Waals surface area contributed by atoms with Crippen LogP contribution in [0, 0.1) is 11.3 Å². The van der Waals surface area contributed by atoms with Crippen molar-refractivity contribution >= 4 is 5.91 Å². The fourth-order valence-corrected chi connectivity index (χ4v) is 1.49. The summed E-state index contributed by atoms with van der Waals surface area (Å²) in [6.45, 7) is 3.37. The lowest BCUT2D eigenvalue weighted by Gasteiger charge is -2.29. The van der Waals surface area contributed by atoms with Crippen LogP contribution in [-0.2, 0) is 0 Å². The Kier molecular flexibility index (Phi) is 4.38. The molecule has 0 aliphatic heterocycles. The Balaban J connectivity index is 3.11. The van der Waals surface area contributed by atoms with Gasteiger partial charge in [0.05, 0.1) is 20.3 Å². The maximum absolute atomic E-state index is 12.3. The lowest BCUT2D eigenvalue weighted by atomic mass is 10.0. The summed E-state index contributed by atoms with van der Waals surface area (Å²) in [4.78, 5) is 13.7. The summed E-state index contributed by atoms with van der Waals surface area (Å²) in [5.74, 6) is 0.797. The molecule has 1 aromatic rings. The Hall–Kier alpha value is -2.22. The van der Waals surface area contributed by atoms with E-state index >= 15 is 0 Å². The topological polar surface area (TPSA) is 62.6 Å².